The zero-order chi connectivity index (χ0) is 17.0. The molecule has 23 heavy (non-hydrogen) atoms. The topological polar surface area (TPSA) is 66.4 Å². The van der Waals surface area contributed by atoms with Crippen molar-refractivity contribution in [3.05, 3.63) is 70.2 Å². The van der Waals surface area contributed by atoms with Gasteiger partial charge < -0.3 is 10.4 Å². The van der Waals surface area contributed by atoms with Crippen LogP contribution in [-0.4, -0.2) is 23.0 Å². The summed E-state index contributed by atoms with van der Waals surface area (Å²) in [6, 6.07) is 7.92. The molecule has 0 aliphatic heterocycles. The zero-order valence-corrected chi connectivity index (χ0v) is 12.5. The van der Waals surface area contributed by atoms with E-state index >= 15 is 0 Å². The predicted molar refractivity (Wildman–Crippen MR) is 80.4 cm³/mol. The Morgan fingerprint density at radius 2 is 1.87 bits per heavy atom. The maximum atomic E-state index is 13.1. The molecule has 2 aromatic carbocycles. The Kier molecular flexibility index (Phi) is 5.28. The van der Waals surface area contributed by atoms with E-state index in [0.29, 0.717) is 16.7 Å². The van der Waals surface area contributed by atoms with E-state index in [2.05, 4.69) is 5.32 Å². The molecule has 1 atom stereocenters. The summed E-state index contributed by atoms with van der Waals surface area (Å²) in [4.78, 5) is 23.3. The van der Waals surface area contributed by atoms with Gasteiger partial charge in [0, 0.05) is 17.0 Å². The van der Waals surface area contributed by atoms with Crippen LogP contribution in [0.15, 0.2) is 42.5 Å². The van der Waals surface area contributed by atoms with Crippen LogP contribution in [0.2, 0.25) is 5.02 Å². The van der Waals surface area contributed by atoms with Crippen LogP contribution in [0.3, 0.4) is 0 Å². The van der Waals surface area contributed by atoms with Gasteiger partial charge in [0.15, 0.2) is 11.6 Å². The lowest BCUT2D eigenvalue weighted by Crippen LogP contribution is -2.42. The molecule has 0 radical (unpaired) electrons. The van der Waals surface area contributed by atoms with Crippen molar-refractivity contribution in [1.29, 1.82) is 0 Å². The van der Waals surface area contributed by atoms with Crippen molar-refractivity contribution < 1.29 is 23.5 Å². The molecule has 4 nitrogen and oxygen atoms in total. The summed E-state index contributed by atoms with van der Waals surface area (Å²) in [5, 5.41) is 11.9. The lowest BCUT2D eigenvalue weighted by Gasteiger charge is -2.15. The van der Waals surface area contributed by atoms with Crippen LogP contribution in [-0.2, 0) is 11.2 Å². The summed E-state index contributed by atoms with van der Waals surface area (Å²) < 4.78 is 26.0. The van der Waals surface area contributed by atoms with Crippen molar-refractivity contribution in [2.75, 3.05) is 0 Å². The third-order valence-corrected chi connectivity index (χ3v) is 3.35. The number of carboxylic acids is 1. The minimum Gasteiger partial charge on any atom is -0.480 e. The van der Waals surface area contributed by atoms with Crippen LogP contribution < -0.4 is 5.32 Å². The first-order valence-electron chi connectivity index (χ1n) is 6.60. The third kappa shape index (κ3) is 4.50. The average molecular weight is 340 g/mol. The molecule has 0 unspecified atom stereocenters. The summed E-state index contributed by atoms with van der Waals surface area (Å²) >= 11 is 5.83. The van der Waals surface area contributed by atoms with E-state index in [1.807, 2.05) is 0 Å². The highest BCUT2D eigenvalue weighted by Crippen LogP contribution is 2.13. The van der Waals surface area contributed by atoms with Crippen molar-refractivity contribution >= 4 is 23.5 Å². The van der Waals surface area contributed by atoms with Gasteiger partial charge in [0.1, 0.15) is 6.04 Å². The molecule has 2 aromatic rings. The fourth-order valence-corrected chi connectivity index (χ4v) is 2.19. The summed E-state index contributed by atoms with van der Waals surface area (Å²) in [5.41, 5.74) is 0.455. The predicted octanol–water partition coefficient (Wildman–Crippen LogP) is 3.04. The van der Waals surface area contributed by atoms with Gasteiger partial charge in [0.05, 0.1) is 0 Å². The minimum atomic E-state index is -1.25. The lowest BCUT2D eigenvalue weighted by molar-refractivity contribution is -0.139. The normalized spacial score (nSPS) is 11.8. The van der Waals surface area contributed by atoms with Crippen LogP contribution in [0, 0.1) is 11.6 Å². The summed E-state index contributed by atoms with van der Waals surface area (Å²) in [6.07, 6.45) is 0.00527. The van der Waals surface area contributed by atoms with E-state index < -0.39 is 29.6 Å². The molecule has 2 rings (SSSR count). The van der Waals surface area contributed by atoms with Gasteiger partial charge in [-0.3, -0.25) is 4.79 Å². The highest BCUT2D eigenvalue weighted by atomic mass is 35.5. The molecule has 2 N–H and O–H groups in total. The maximum Gasteiger partial charge on any atom is 0.326 e. The van der Waals surface area contributed by atoms with Crippen LogP contribution in [0.5, 0.6) is 0 Å². The number of aliphatic carboxylic acids is 1. The van der Waals surface area contributed by atoms with Crippen molar-refractivity contribution in [3.63, 3.8) is 0 Å². The number of nitrogens with one attached hydrogen (secondary N) is 1. The summed E-state index contributed by atoms with van der Waals surface area (Å²) in [7, 11) is 0. The van der Waals surface area contributed by atoms with Gasteiger partial charge in [-0.2, -0.15) is 0 Å². The van der Waals surface area contributed by atoms with Crippen molar-refractivity contribution in [2.24, 2.45) is 0 Å². The van der Waals surface area contributed by atoms with E-state index in [4.69, 9.17) is 11.6 Å². The lowest BCUT2D eigenvalue weighted by atomic mass is 10.1. The molecular weight excluding hydrogens is 328 g/mol. The molecule has 1 amide bonds. The first kappa shape index (κ1) is 16.9. The fourth-order valence-electron chi connectivity index (χ4n) is 1.98. The zero-order valence-electron chi connectivity index (χ0n) is 11.7. The Morgan fingerprint density at radius 3 is 2.48 bits per heavy atom. The quantitative estimate of drug-likeness (QED) is 0.880. The number of halogens is 3. The molecule has 0 fully saturated rings. The van der Waals surface area contributed by atoms with Gasteiger partial charge in [0.2, 0.25) is 0 Å². The number of carboxylic acid groups (broad SMARTS) is 1. The van der Waals surface area contributed by atoms with E-state index in [0.717, 1.165) is 12.1 Å². The van der Waals surface area contributed by atoms with Crippen LogP contribution in [0.25, 0.3) is 0 Å². The molecule has 0 heterocycles. The maximum absolute atomic E-state index is 13.1. The first-order valence-corrected chi connectivity index (χ1v) is 6.98. The molecule has 0 bridgehead atoms. The van der Waals surface area contributed by atoms with Gasteiger partial charge >= 0.3 is 5.97 Å². The molecule has 0 aromatic heterocycles. The van der Waals surface area contributed by atoms with Crippen molar-refractivity contribution in [3.8, 4) is 0 Å². The number of hydrogen-bond acceptors (Lipinski definition) is 2. The highest BCUT2D eigenvalue weighted by Gasteiger charge is 2.21. The second-order valence-electron chi connectivity index (χ2n) is 4.83. The van der Waals surface area contributed by atoms with Crippen molar-refractivity contribution in [1.82, 2.24) is 5.32 Å². The van der Waals surface area contributed by atoms with Crippen LogP contribution in [0.1, 0.15) is 15.9 Å². The molecule has 0 aliphatic carbocycles. The van der Waals surface area contributed by atoms with Gasteiger partial charge in [-0.15, -0.1) is 0 Å². The summed E-state index contributed by atoms with van der Waals surface area (Å²) in [6.45, 7) is 0. The highest BCUT2D eigenvalue weighted by molar-refractivity contribution is 6.30. The monoisotopic (exact) mass is 339 g/mol. The van der Waals surface area contributed by atoms with Crippen LogP contribution in [0.4, 0.5) is 8.78 Å². The Balaban J connectivity index is 2.14. The van der Waals surface area contributed by atoms with Gasteiger partial charge in [0.25, 0.3) is 5.91 Å². The number of hydrogen-bond donors (Lipinski definition) is 2. The van der Waals surface area contributed by atoms with E-state index in [9.17, 15) is 23.5 Å². The number of rotatable bonds is 5. The standard InChI is InChI=1S/C16H12ClF2NO3/c17-11-3-1-2-9(6-11)7-14(16(22)23)20-15(21)10-4-5-12(18)13(19)8-10/h1-6,8,14H,7H2,(H,20,21)(H,22,23)/t14-/m1/s1. The largest absolute Gasteiger partial charge is 0.480 e. The molecule has 0 saturated heterocycles. The Bertz CT molecular complexity index is 752. The second-order valence-corrected chi connectivity index (χ2v) is 5.26. The van der Waals surface area contributed by atoms with Crippen LogP contribution >= 0.6 is 11.6 Å². The fraction of sp³-hybridized carbons (Fsp3) is 0.125. The van der Waals surface area contributed by atoms with Gasteiger partial charge in [-0.05, 0) is 35.9 Å². The number of carbonyl (C=O) groups excluding carboxylic acids is 1. The Hall–Kier alpha value is -2.47. The number of carbonyl (C=O) groups is 2. The SMILES string of the molecule is O=C(N[C@H](Cc1cccc(Cl)c1)C(=O)O)c1ccc(F)c(F)c1. The number of amides is 1. The third-order valence-electron chi connectivity index (χ3n) is 3.11. The average Bonchev–Trinajstić information content (AvgIpc) is 2.49. The van der Waals surface area contributed by atoms with Gasteiger partial charge in [-0.25, -0.2) is 13.6 Å². The first-order chi connectivity index (χ1) is 10.9. The Morgan fingerprint density at radius 1 is 1.13 bits per heavy atom. The van der Waals surface area contributed by atoms with E-state index in [1.165, 1.54) is 0 Å². The molecule has 0 spiro atoms. The second kappa shape index (κ2) is 7.19. The van der Waals surface area contributed by atoms with E-state index in [1.54, 1.807) is 24.3 Å². The van der Waals surface area contributed by atoms with E-state index in [-0.39, 0.29) is 12.0 Å². The smallest absolute Gasteiger partial charge is 0.326 e. The minimum absolute atomic E-state index is 0.00527. The molecule has 0 aliphatic rings. The Labute approximate surface area is 135 Å². The van der Waals surface area contributed by atoms with Gasteiger partial charge in [-0.1, -0.05) is 23.7 Å². The molecular formula is C16H12ClF2NO3. The molecule has 0 saturated carbocycles. The summed E-state index contributed by atoms with van der Waals surface area (Å²) in [5.74, 6) is -4.33. The number of benzene rings is 2. The molecule has 7 heteroatoms. The molecule has 120 valence electrons. The van der Waals surface area contributed by atoms with Crippen molar-refractivity contribution in [2.45, 2.75) is 12.5 Å².